The van der Waals surface area contributed by atoms with Crippen LogP contribution in [0.1, 0.15) is 84.5 Å². The van der Waals surface area contributed by atoms with E-state index in [1.54, 1.807) is 0 Å². The number of nitrogens with zero attached hydrogens (tertiary/aromatic N) is 2. The Hall–Kier alpha value is -1.18. The third kappa shape index (κ3) is 13.1. The van der Waals surface area contributed by atoms with Gasteiger partial charge < -0.3 is 25.8 Å². The fraction of sp³-hybridized carbons (Fsp3) is 0.926. The molecule has 0 unspecified atom stereocenters. The first-order chi connectivity index (χ1) is 16.6. The summed E-state index contributed by atoms with van der Waals surface area (Å²) in [4.78, 5) is 28.7. The molecule has 0 atom stereocenters. The average Bonchev–Trinajstić information content (AvgIpc) is 2.85. The van der Waals surface area contributed by atoms with Gasteiger partial charge in [0.15, 0.2) is 0 Å². The quantitative estimate of drug-likeness (QED) is 0.280. The molecule has 7 heteroatoms. The summed E-state index contributed by atoms with van der Waals surface area (Å²) in [5.74, 6) is 2.14. The van der Waals surface area contributed by atoms with Gasteiger partial charge in [-0.15, -0.1) is 0 Å². The standard InChI is InChI=1S/C27H53N5O2/c1-3-15-28-16-6-17-30-27(34)14-23-32-20-11-25(12-21-32)8-5-7-24-9-18-31(19-10-24)22-13-26(33)29-4-2/h24-25,28H,3-23H2,1-2H3,(H,29,33)(H,30,34). The summed E-state index contributed by atoms with van der Waals surface area (Å²) in [6.45, 7) is 14.2. The summed E-state index contributed by atoms with van der Waals surface area (Å²) in [6.07, 6.45) is 12.7. The third-order valence-electron chi connectivity index (χ3n) is 7.60. The summed E-state index contributed by atoms with van der Waals surface area (Å²) in [5.41, 5.74) is 0. The minimum absolute atomic E-state index is 0.185. The lowest BCUT2D eigenvalue weighted by atomic mass is 9.87. The second-order valence-electron chi connectivity index (χ2n) is 10.4. The summed E-state index contributed by atoms with van der Waals surface area (Å²) >= 11 is 0. The molecule has 0 aromatic rings. The number of rotatable bonds is 17. The van der Waals surface area contributed by atoms with Crippen molar-refractivity contribution in [2.75, 3.05) is 65.4 Å². The van der Waals surface area contributed by atoms with Gasteiger partial charge in [0.1, 0.15) is 0 Å². The molecule has 0 radical (unpaired) electrons. The predicted molar refractivity (Wildman–Crippen MR) is 141 cm³/mol. The molecular weight excluding hydrogens is 426 g/mol. The molecule has 3 N–H and O–H groups in total. The van der Waals surface area contributed by atoms with Crippen LogP contribution in [0.25, 0.3) is 0 Å². The maximum Gasteiger partial charge on any atom is 0.221 e. The first kappa shape index (κ1) is 29.1. The van der Waals surface area contributed by atoms with Gasteiger partial charge in [-0.05, 0) is 96.6 Å². The fourth-order valence-electron chi connectivity index (χ4n) is 5.33. The number of hydrogen-bond donors (Lipinski definition) is 3. The number of carbonyl (C=O) groups is 2. The second-order valence-corrected chi connectivity index (χ2v) is 10.4. The molecule has 198 valence electrons. The van der Waals surface area contributed by atoms with Crippen LogP contribution in [-0.4, -0.2) is 87.1 Å². The highest BCUT2D eigenvalue weighted by Gasteiger charge is 2.22. The Morgan fingerprint density at radius 2 is 1.24 bits per heavy atom. The first-order valence-electron chi connectivity index (χ1n) is 14.3. The predicted octanol–water partition coefficient (Wildman–Crippen LogP) is 3.00. The van der Waals surface area contributed by atoms with Crippen LogP contribution in [0.2, 0.25) is 0 Å². The minimum atomic E-state index is 0.185. The maximum absolute atomic E-state index is 12.1. The fourth-order valence-corrected chi connectivity index (χ4v) is 5.33. The van der Waals surface area contributed by atoms with Crippen LogP contribution in [0.15, 0.2) is 0 Å². The van der Waals surface area contributed by atoms with E-state index < -0.39 is 0 Å². The molecular formula is C27H53N5O2. The van der Waals surface area contributed by atoms with Gasteiger partial charge in [0.25, 0.3) is 0 Å². The van der Waals surface area contributed by atoms with Gasteiger partial charge in [0.05, 0.1) is 0 Å². The molecule has 0 bridgehead atoms. The zero-order valence-electron chi connectivity index (χ0n) is 22.2. The van der Waals surface area contributed by atoms with Crippen LogP contribution in [0, 0.1) is 11.8 Å². The smallest absolute Gasteiger partial charge is 0.221 e. The molecule has 0 aromatic carbocycles. The molecule has 0 spiro atoms. The molecule has 2 aliphatic rings. The van der Waals surface area contributed by atoms with E-state index in [1.165, 1.54) is 44.9 Å². The van der Waals surface area contributed by atoms with E-state index in [4.69, 9.17) is 0 Å². The Bertz CT molecular complexity index is 543. The van der Waals surface area contributed by atoms with Crippen LogP contribution in [0.3, 0.4) is 0 Å². The highest BCUT2D eigenvalue weighted by atomic mass is 16.2. The van der Waals surface area contributed by atoms with E-state index in [0.717, 1.165) is 90.1 Å². The second kappa shape index (κ2) is 18.1. The molecule has 2 heterocycles. The molecule has 0 saturated carbocycles. The lowest BCUT2D eigenvalue weighted by molar-refractivity contribution is -0.122. The molecule has 34 heavy (non-hydrogen) atoms. The lowest BCUT2D eigenvalue weighted by Gasteiger charge is -2.33. The topological polar surface area (TPSA) is 76.7 Å². The van der Waals surface area contributed by atoms with Crippen molar-refractivity contribution in [3.8, 4) is 0 Å². The van der Waals surface area contributed by atoms with E-state index in [1.807, 2.05) is 6.92 Å². The molecule has 2 fully saturated rings. The van der Waals surface area contributed by atoms with Crippen LogP contribution in [-0.2, 0) is 9.59 Å². The van der Waals surface area contributed by atoms with Gasteiger partial charge in [-0.25, -0.2) is 0 Å². The minimum Gasteiger partial charge on any atom is -0.356 e. The molecule has 0 aromatic heterocycles. The maximum atomic E-state index is 12.1. The van der Waals surface area contributed by atoms with Gasteiger partial charge >= 0.3 is 0 Å². The SMILES string of the molecule is CCCNCCCNC(=O)CCN1CCC(CCCC2CCN(CCC(=O)NCC)CC2)CC1. The third-order valence-corrected chi connectivity index (χ3v) is 7.60. The van der Waals surface area contributed by atoms with Crippen molar-refractivity contribution in [3.05, 3.63) is 0 Å². The van der Waals surface area contributed by atoms with E-state index in [2.05, 4.69) is 32.7 Å². The Labute approximate surface area is 209 Å². The number of piperidine rings is 2. The van der Waals surface area contributed by atoms with Crippen LogP contribution < -0.4 is 16.0 Å². The highest BCUT2D eigenvalue weighted by molar-refractivity contribution is 5.76. The molecule has 0 aliphatic carbocycles. The Morgan fingerprint density at radius 1 is 0.706 bits per heavy atom. The number of likely N-dealkylation sites (tertiary alicyclic amines) is 2. The average molecular weight is 480 g/mol. The van der Waals surface area contributed by atoms with Gasteiger partial charge in [-0.3, -0.25) is 9.59 Å². The van der Waals surface area contributed by atoms with Crippen LogP contribution in [0.5, 0.6) is 0 Å². The van der Waals surface area contributed by atoms with Crippen molar-refractivity contribution < 1.29 is 9.59 Å². The number of amides is 2. The zero-order valence-corrected chi connectivity index (χ0v) is 22.2. The van der Waals surface area contributed by atoms with E-state index >= 15 is 0 Å². The van der Waals surface area contributed by atoms with Gasteiger partial charge in [-0.2, -0.15) is 0 Å². The summed E-state index contributed by atoms with van der Waals surface area (Å²) in [6, 6.07) is 0. The summed E-state index contributed by atoms with van der Waals surface area (Å²) < 4.78 is 0. The molecule has 7 nitrogen and oxygen atoms in total. The van der Waals surface area contributed by atoms with E-state index in [0.29, 0.717) is 12.8 Å². The van der Waals surface area contributed by atoms with E-state index in [9.17, 15) is 9.59 Å². The van der Waals surface area contributed by atoms with Crippen molar-refractivity contribution in [1.29, 1.82) is 0 Å². The van der Waals surface area contributed by atoms with E-state index in [-0.39, 0.29) is 11.8 Å². The normalized spacial score (nSPS) is 18.8. The molecule has 2 saturated heterocycles. The molecule has 2 aliphatic heterocycles. The Kier molecular flexibility index (Phi) is 15.5. The first-order valence-corrected chi connectivity index (χ1v) is 14.3. The Morgan fingerprint density at radius 3 is 1.74 bits per heavy atom. The van der Waals surface area contributed by atoms with Crippen LogP contribution >= 0.6 is 0 Å². The van der Waals surface area contributed by atoms with Crippen molar-refractivity contribution in [1.82, 2.24) is 25.8 Å². The van der Waals surface area contributed by atoms with Gasteiger partial charge in [0, 0.05) is 39.0 Å². The zero-order chi connectivity index (χ0) is 24.4. The monoisotopic (exact) mass is 479 g/mol. The van der Waals surface area contributed by atoms with Crippen molar-refractivity contribution in [3.63, 3.8) is 0 Å². The molecule has 2 rings (SSSR count). The van der Waals surface area contributed by atoms with Crippen molar-refractivity contribution in [2.45, 2.75) is 84.5 Å². The Balaban J connectivity index is 1.43. The summed E-state index contributed by atoms with van der Waals surface area (Å²) in [7, 11) is 0. The number of carbonyl (C=O) groups excluding carboxylic acids is 2. The summed E-state index contributed by atoms with van der Waals surface area (Å²) in [5, 5.41) is 9.32. The molecule has 2 amide bonds. The largest absolute Gasteiger partial charge is 0.356 e. The van der Waals surface area contributed by atoms with Crippen LogP contribution in [0.4, 0.5) is 0 Å². The number of hydrogen-bond acceptors (Lipinski definition) is 5. The highest BCUT2D eigenvalue weighted by Crippen LogP contribution is 2.27. The van der Waals surface area contributed by atoms with Crippen molar-refractivity contribution >= 4 is 11.8 Å². The van der Waals surface area contributed by atoms with Gasteiger partial charge in [-0.1, -0.05) is 26.2 Å². The lowest BCUT2D eigenvalue weighted by Crippen LogP contribution is -2.37. The van der Waals surface area contributed by atoms with Crippen molar-refractivity contribution in [2.24, 2.45) is 11.8 Å². The van der Waals surface area contributed by atoms with Gasteiger partial charge in [0.2, 0.25) is 11.8 Å². The number of nitrogens with one attached hydrogen (secondary N) is 3.